The Morgan fingerprint density at radius 2 is 1.67 bits per heavy atom. The second-order valence-corrected chi connectivity index (χ2v) is 5.23. The Morgan fingerprint density at radius 3 is 2.29 bits per heavy atom. The summed E-state index contributed by atoms with van der Waals surface area (Å²) in [6, 6.07) is 5.13. The smallest absolute Gasteiger partial charge is 0.303 e. The van der Waals surface area contributed by atoms with Gasteiger partial charge in [0, 0.05) is 12.8 Å². The molecule has 0 aromatic heterocycles. The van der Waals surface area contributed by atoms with E-state index in [-0.39, 0.29) is 18.1 Å². The maximum Gasteiger partial charge on any atom is 0.303 e. The number of phenols is 1. The van der Waals surface area contributed by atoms with Crippen LogP contribution in [0.5, 0.6) is 5.75 Å². The summed E-state index contributed by atoms with van der Waals surface area (Å²) in [5.74, 6) is -0.788. The predicted molar refractivity (Wildman–Crippen MR) is 81.4 cm³/mol. The van der Waals surface area contributed by atoms with Crippen LogP contribution in [0.3, 0.4) is 0 Å². The summed E-state index contributed by atoms with van der Waals surface area (Å²) in [4.78, 5) is 22.1. The van der Waals surface area contributed by atoms with Crippen molar-refractivity contribution >= 4 is 17.6 Å². The van der Waals surface area contributed by atoms with Gasteiger partial charge in [0.05, 0.1) is 5.69 Å². The van der Waals surface area contributed by atoms with Crippen LogP contribution in [0.15, 0.2) is 18.2 Å². The number of hydrogen-bond donors (Lipinski definition) is 3. The van der Waals surface area contributed by atoms with E-state index < -0.39 is 5.97 Å². The molecule has 0 saturated heterocycles. The zero-order valence-corrected chi connectivity index (χ0v) is 12.4. The van der Waals surface area contributed by atoms with E-state index in [2.05, 4.69) is 5.32 Å². The number of carbonyl (C=O) groups excluding carboxylic acids is 1. The summed E-state index contributed by atoms with van der Waals surface area (Å²) in [5, 5.41) is 20.9. The van der Waals surface area contributed by atoms with Gasteiger partial charge in [-0.1, -0.05) is 25.3 Å². The molecule has 0 fully saturated rings. The maximum absolute atomic E-state index is 11.7. The molecule has 0 unspecified atom stereocenters. The summed E-state index contributed by atoms with van der Waals surface area (Å²) >= 11 is 0. The van der Waals surface area contributed by atoms with Crippen molar-refractivity contribution in [1.29, 1.82) is 0 Å². The fraction of sp³-hybridized carbons (Fsp3) is 0.500. The van der Waals surface area contributed by atoms with E-state index in [4.69, 9.17) is 5.11 Å². The lowest BCUT2D eigenvalue weighted by molar-refractivity contribution is -0.137. The average Bonchev–Trinajstić information content (AvgIpc) is 2.40. The molecule has 0 aliphatic carbocycles. The van der Waals surface area contributed by atoms with Gasteiger partial charge < -0.3 is 15.5 Å². The number of anilines is 1. The highest BCUT2D eigenvalue weighted by Crippen LogP contribution is 2.24. The van der Waals surface area contributed by atoms with Crippen molar-refractivity contribution in [2.24, 2.45) is 0 Å². The average molecular weight is 293 g/mol. The Hall–Kier alpha value is -2.04. The first-order chi connectivity index (χ1) is 9.99. The number of unbranched alkanes of at least 4 members (excludes halogenated alkanes) is 4. The standard InChI is InChI=1S/C16H23NO4/c1-12-9-10-13(14(18)11-12)17-15(19)7-5-3-2-4-6-8-16(20)21/h9-11,18H,2-8H2,1H3,(H,17,19)(H,20,21). The lowest BCUT2D eigenvalue weighted by Gasteiger charge is -2.08. The first-order valence-electron chi connectivity index (χ1n) is 7.30. The zero-order chi connectivity index (χ0) is 15.7. The van der Waals surface area contributed by atoms with E-state index >= 15 is 0 Å². The molecule has 1 aromatic rings. The number of amides is 1. The highest BCUT2D eigenvalue weighted by molar-refractivity contribution is 5.92. The van der Waals surface area contributed by atoms with Gasteiger partial charge in [-0.2, -0.15) is 0 Å². The number of carboxylic acids is 1. The fourth-order valence-corrected chi connectivity index (χ4v) is 2.05. The van der Waals surface area contributed by atoms with Crippen LogP contribution >= 0.6 is 0 Å². The van der Waals surface area contributed by atoms with Crippen molar-refractivity contribution in [3.05, 3.63) is 23.8 Å². The Balaban J connectivity index is 2.15. The van der Waals surface area contributed by atoms with E-state index in [9.17, 15) is 14.7 Å². The van der Waals surface area contributed by atoms with Gasteiger partial charge in [-0.15, -0.1) is 0 Å². The van der Waals surface area contributed by atoms with Crippen LogP contribution in [-0.2, 0) is 9.59 Å². The van der Waals surface area contributed by atoms with Crippen molar-refractivity contribution in [1.82, 2.24) is 0 Å². The van der Waals surface area contributed by atoms with E-state index in [1.54, 1.807) is 12.1 Å². The van der Waals surface area contributed by atoms with Crippen molar-refractivity contribution in [2.45, 2.75) is 51.9 Å². The second-order valence-electron chi connectivity index (χ2n) is 5.23. The minimum absolute atomic E-state index is 0.0806. The summed E-state index contributed by atoms with van der Waals surface area (Å²) in [7, 11) is 0. The number of rotatable bonds is 9. The molecule has 1 rings (SSSR count). The predicted octanol–water partition coefficient (Wildman–Crippen LogP) is 3.45. The lowest BCUT2D eigenvalue weighted by atomic mass is 10.1. The van der Waals surface area contributed by atoms with Crippen molar-refractivity contribution in [2.75, 3.05) is 5.32 Å². The topological polar surface area (TPSA) is 86.6 Å². The first-order valence-corrected chi connectivity index (χ1v) is 7.30. The van der Waals surface area contributed by atoms with E-state index in [1.165, 1.54) is 0 Å². The molecule has 1 aromatic carbocycles. The number of nitrogens with one attached hydrogen (secondary N) is 1. The van der Waals surface area contributed by atoms with Gasteiger partial charge in [0.25, 0.3) is 0 Å². The number of aryl methyl sites for hydroxylation is 1. The minimum atomic E-state index is -0.757. The van der Waals surface area contributed by atoms with Gasteiger partial charge in [0.15, 0.2) is 0 Å². The SMILES string of the molecule is Cc1ccc(NC(=O)CCCCCCCC(=O)O)c(O)c1. The van der Waals surface area contributed by atoms with Crippen LogP contribution in [0.25, 0.3) is 0 Å². The Kier molecular flexibility index (Phi) is 7.29. The highest BCUT2D eigenvalue weighted by atomic mass is 16.4. The highest BCUT2D eigenvalue weighted by Gasteiger charge is 2.06. The van der Waals surface area contributed by atoms with E-state index in [0.29, 0.717) is 18.5 Å². The van der Waals surface area contributed by atoms with Crippen LogP contribution in [-0.4, -0.2) is 22.1 Å². The molecule has 0 aliphatic rings. The number of hydrogen-bond acceptors (Lipinski definition) is 3. The molecule has 3 N–H and O–H groups in total. The molecule has 5 nitrogen and oxygen atoms in total. The summed E-state index contributed by atoms with van der Waals surface area (Å²) in [5.41, 5.74) is 1.37. The van der Waals surface area contributed by atoms with Crippen molar-refractivity contribution in [3.63, 3.8) is 0 Å². The van der Waals surface area contributed by atoms with Gasteiger partial charge >= 0.3 is 5.97 Å². The lowest BCUT2D eigenvalue weighted by Crippen LogP contribution is -2.11. The number of aromatic hydroxyl groups is 1. The molecular weight excluding hydrogens is 270 g/mol. The van der Waals surface area contributed by atoms with Crippen LogP contribution in [0.1, 0.15) is 50.5 Å². The van der Waals surface area contributed by atoms with Crippen molar-refractivity contribution < 1.29 is 19.8 Å². The third-order valence-electron chi connectivity index (χ3n) is 3.22. The molecule has 5 heteroatoms. The first kappa shape index (κ1) is 17.0. The third kappa shape index (κ3) is 7.34. The molecule has 1 amide bonds. The largest absolute Gasteiger partial charge is 0.506 e. The Bertz CT molecular complexity index is 485. The van der Waals surface area contributed by atoms with Gasteiger partial charge in [0.2, 0.25) is 5.91 Å². The van der Waals surface area contributed by atoms with Crippen LogP contribution in [0, 0.1) is 6.92 Å². The molecule has 0 bridgehead atoms. The quantitative estimate of drug-likeness (QED) is 0.480. The molecule has 0 saturated carbocycles. The third-order valence-corrected chi connectivity index (χ3v) is 3.22. The normalized spacial score (nSPS) is 10.3. The van der Waals surface area contributed by atoms with E-state index in [0.717, 1.165) is 31.2 Å². The molecule has 116 valence electrons. The van der Waals surface area contributed by atoms with Crippen LogP contribution in [0.2, 0.25) is 0 Å². The number of benzene rings is 1. The fourth-order valence-electron chi connectivity index (χ4n) is 2.05. The number of phenolic OH excluding ortho intramolecular Hbond substituents is 1. The molecule has 0 heterocycles. The van der Waals surface area contributed by atoms with Gasteiger partial charge in [-0.3, -0.25) is 9.59 Å². The molecule has 0 atom stereocenters. The maximum atomic E-state index is 11.7. The zero-order valence-electron chi connectivity index (χ0n) is 12.4. The number of aliphatic carboxylic acids is 1. The molecule has 0 aliphatic heterocycles. The minimum Gasteiger partial charge on any atom is -0.506 e. The number of carbonyl (C=O) groups is 2. The van der Waals surface area contributed by atoms with Crippen molar-refractivity contribution in [3.8, 4) is 5.75 Å². The summed E-state index contributed by atoms with van der Waals surface area (Å²) < 4.78 is 0. The van der Waals surface area contributed by atoms with Crippen LogP contribution < -0.4 is 5.32 Å². The van der Waals surface area contributed by atoms with Gasteiger partial charge in [0.1, 0.15) is 5.75 Å². The Labute approximate surface area is 125 Å². The second kappa shape index (κ2) is 9.00. The van der Waals surface area contributed by atoms with E-state index in [1.807, 2.05) is 13.0 Å². The molecule has 21 heavy (non-hydrogen) atoms. The van der Waals surface area contributed by atoms with Gasteiger partial charge in [-0.05, 0) is 37.5 Å². The monoisotopic (exact) mass is 293 g/mol. The Morgan fingerprint density at radius 1 is 1.05 bits per heavy atom. The van der Waals surface area contributed by atoms with Crippen LogP contribution in [0.4, 0.5) is 5.69 Å². The number of carboxylic acid groups (broad SMARTS) is 1. The summed E-state index contributed by atoms with van der Waals surface area (Å²) in [6.07, 6.45) is 4.82. The molecule has 0 radical (unpaired) electrons. The molecular formula is C16H23NO4. The molecule has 0 spiro atoms. The summed E-state index contributed by atoms with van der Waals surface area (Å²) in [6.45, 7) is 1.87. The van der Waals surface area contributed by atoms with Gasteiger partial charge in [-0.25, -0.2) is 0 Å².